The normalized spacial score (nSPS) is 30.9. The van der Waals surface area contributed by atoms with Crippen LogP contribution >= 0.6 is 0 Å². The highest BCUT2D eigenvalue weighted by Gasteiger charge is 2.45. The Balaban J connectivity index is 1.98. The molecular formula is C16H23NO6. The standard InChI is InChI=1S/C16H23NO6/c1-10(19)17-13-15(21)14(20)12(9-18)23-16(13)22-8-7-11-5-3-2-4-6-11/h2-6,12-16,18,20-21H,7-9H2,1H3,(H,17,19)/t12-,13-,14-,15-,16-/m1/s1. The molecule has 0 bridgehead atoms. The third-order valence-corrected chi connectivity index (χ3v) is 3.77. The summed E-state index contributed by atoms with van der Waals surface area (Å²) in [6.07, 6.45) is -3.86. The van der Waals surface area contributed by atoms with E-state index in [4.69, 9.17) is 9.47 Å². The highest BCUT2D eigenvalue weighted by atomic mass is 16.7. The SMILES string of the molecule is CC(=O)N[C@H]1[C@H](OCCc2ccccc2)O[C@H](CO)[C@@H](O)[C@@H]1O. The quantitative estimate of drug-likeness (QED) is 0.545. The van der Waals surface area contributed by atoms with Gasteiger partial charge in [-0.1, -0.05) is 30.3 Å². The summed E-state index contributed by atoms with van der Waals surface area (Å²) in [5.41, 5.74) is 1.08. The summed E-state index contributed by atoms with van der Waals surface area (Å²) in [4.78, 5) is 11.3. The first-order valence-electron chi connectivity index (χ1n) is 7.58. The maximum atomic E-state index is 11.3. The van der Waals surface area contributed by atoms with Crippen molar-refractivity contribution in [2.24, 2.45) is 0 Å². The van der Waals surface area contributed by atoms with Crippen LogP contribution in [0.15, 0.2) is 30.3 Å². The van der Waals surface area contributed by atoms with E-state index in [9.17, 15) is 20.1 Å². The molecule has 23 heavy (non-hydrogen) atoms. The Hall–Kier alpha value is -1.51. The van der Waals surface area contributed by atoms with Crippen LogP contribution in [0.1, 0.15) is 12.5 Å². The van der Waals surface area contributed by atoms with E-state index in [1.54, 1.807) is 0 Å². The molecule has 1 fully saturated rings. The Morgan fingerprint density at radius 1 is 1.26 bits per heavy atom. The van der Waals surface area contributed by atoms with Gasteiger partial charge < -0.3 is 30.1 Å². The molecule has 5 atom stereocenters. The van der Waals surface area contributed by atoms with Gasteiger partial charge >= 0.3 is 0 Å². The van der Waals surface area contributed by atoms with E-state index in [1.165, 1.54) is 6.92 Å². The first-order valence-corrected chi connectivity index (χ1v) is 7.58. The lowest BCUT2D eigenvalue weighted by Gasteiger charge is -2.42. The molecule has 0 unspecified atom stereocenters. The van der Waals surface area contributed by atoms with Crippen LogP contribution in [0.2, 0.25) is 0 Å². The highest BCUT2D eigenvalue weighted by molar-refractivity contribution is 5.73. The van der Waals surface area contributed by atoms with Gasteiger partial charge in [-0.2, -0.15) is 0 Å². The van der Waals surface area contributed by atoms with E-state index in [2.05, 4.69) is 5.32 Å². The molecule has 1 aliphatic rings. The molecule has 0 aromatic heterocycles. The number of carbonyl (C=O) groups excluding carboxylic acids is 1. The Kier molecular flexibility index (Phi) is 6.49. The van der Waals surface area contributed by atoms with E-state index in [-0.39, 0.29) is 5.91 Å². The minimum Gasteiger partial charge on any atom is -0.394 e. The Morgan fingerprint density at radius 2 is 1.96 bits per heavy atom. The molecule has 1 aromatic rings. The number of carbonyl (C=O) groups is 1. The van der Waals surface area contributed by atoms with Crippen molar-refractivity contribution in [2.75, 3.05) is 13.2 Å². The van der Waals surface area contributed by atoms with Crippen LogP contribution < -0.4 is 5.32 Å². The van der Waals surface area contributed by atoms with Crippen molar-refractivity contribution in [3.63, 3.8) is 0 Å². The fraction of sp³-hybridized carbons (Fsp3) is 0.562. The Labute approximate surface area is 134 Å². The summed E-state index contributed by atoms with van der Waals surface area (Å²) in [7, 11) is 0. The van der Waals surface area contributed by atoms with Crippen molar-refractivity contribution in [1.29, 1.82) is 0 Å². The van der Waals surface area contributed by atoms with Gasteiger partial charge in [-0.3, -0.25) is 4.79 Å². The molecule has 0 radical (unpaired) electrons. The molecule has 0 aliphatic carbocycles. The maximum Gasteiger partial charge on any atom is 0.217 e. The monoisotopic (exact) mass is 325 g/mol. The second-order valence-corrected chi connectivity index (χ2v) is 5.54. The Morgan fingerprint density at radius 3 is 2.57 bits per heavy atom. The Bertz CT molecular complexity index is 497. The van der Waals surface area contributed by atoms with Crippen LogP contribution in [0.4, 0.5) is 0 Å². The summed E-state index contributed by atoms with van der Waals surface area (Å²) in [5.74, 6) is -0.371. The summed E-state index contributed by atoms with van der Waals surface area (Å²) in [6, 6.07) is 8.80. The van der Waals surface area contributed by atoms with Gasteiger partial charge in [0, 0.05) is 6.92 Å². The average Bonchev–Trinajstić information content (AvgIpc) is 2.54. The van der Waals surface area contributed by atoms with E-state index >= 15 is 0 Å². The highest BCUT2D eigenvalue weighted by Crippen LogP contribution is 2.22. The third kappa shape index (κ3) is 4.73. The van der Waals surface area contributed by atoms with Crippen LogP contribution in [-0.4, -0.2) is 65.1 Å². The van der Waals surface area contributed by atoms with E-state index in [0.717, 1.165) is 5.56 Å². The van der Waals surface area contributed by atoms with Gasteiger partial charge in [0.05, 0.1) is 13.2 Å². The molecule has 4 N–H and O–H groups in total. The minimum atomic E-state index is -1.30. The van der Waals surface area contributed by atoms with E-state index < -0.39 is 37.3 Å². The number of nitrogens with one attached hydrogen (secondary N) is 1. The summed E-state index contributed by atoms with van der Waals surface area (Å²) in [6.45, 7) is 1.16. The largest absolute Gasteiger partial charge is 0.394 e. The van der Waals surface area contributed by atoms with Crippen molar-refractivity contribution in [2.45, 2.75) is 44.0 Å². The summed E-state index contributed by atoms with van der Waals surface area (Å²) < 4.78 is 11.1. The molecule has 1 heterocycles. The van der Waals surface area contributed by atoms with Gasteiger partial charge in [-0.25, -0.2) is 0 Å². The summed E-state index contributed by atoms with van der Waals surface area (Å²) >= 11 is 0. The number of hydrogen-bond acceptors (Lipinski definition) is 6. The zero-order valence-electron chi connectivity index (χ0n) is 13.0. The van der Waals surface area contributed by atoms with Crippen LogP contribution in [0.25, 0.3) is 0 Å². The van der Waals surface area contributed by atoms with Crippen molar-refractivity contribution in [3.05, 3.63) is 35.9 Å². The number of rotatable bonds is 6. The predicted octanol–water partition coefficient (Wildman–Crippen LogP) is -0.811. The van der Waals surface area contributed by atoms with E-state index in [1.807, 2.05) is 30.3 Å². The number of ether oxygens (including phenoxy) is 2. The molecular weight excluding hydrogens is 302 g/mol. The fourth-order valence-corrected chi connectivity index (χ4v) is 2.55. The maximum absolute atomic E-state index is 11.3. The van der Waals surface area contributed by atoms with Crippen LogP contribution in [0.3, 0.4) is 0 Å². The third-order valence-electron chi connectivity index (χ3n) is 3.77. The molecule has 0 spiro atoms. The fourth-order valence-electron chi connectivity index (χ4n) is 2.55. The molecule has 2 rings (SSSR count). The lowest BCUT2D eigenvalue weighted by atomic mass is 9.97. The van der Waals surface area contributed by atoms with Gasteiger partial charge in [-0.05, 0) is 12.0 Å². The average molecular weight is 325 g/mol. The molecule has 1 aromatic carbocycles. The number of hydrogen-bond donors (Lipinski definition) is 4. The number of amides is 1. The van der Waals surface area contributed by atoms with Gasteiger partial charge in [0.2, 0.25) is 5.91 Å². The molecule has 0 saturated carbocycles. The van der Waals surface area contributed by atoms with Crippen molar-refractivity contribution >= 4 is 5.91 Å². The number of aliphatic hydroxyl groups excluding tert-OH is 3. The van der Waals surface area contributed by atoms with Crippen molar-refractivity contribution < 1.29 is 29.6 Å². The zero-order valence-corrected chi connectivity index (χ0v) is 13.0. The van der Waals surface area contributed by atoms with Crippen LogP contribution in [-0.2, 0) is 20.7 Å². The van der Waals surface area contributed by atoms with Gasteiger partial charge in [0.25, 0.3) is 0 Å². The first-order chi connectivity index (χ1) is 11.0. The molecule has 7 nitrogen and oxygen atoms in total. The van der Waals surface area contributed by atoms with Gasteiger partial charge in [0.1, 0.15) is 24.4 Å². The van der Waals surface area contributed by atoms with Crippen molar-refractivity contribution in [3.8, 4) is 0 Å². The second kappa shape index (κ2) is 8.37. The first kappa shape index (κ1) is 17.8. The second-order valence-electron chi connectivity index (χ2n) is 5.54. The summed E-state index contributed by atoms with van der Waals surface area (Å²) in [5, 5.41) is 31.8. The smallest absolute Gasteiger partial charge is 0.217 e. The van der Waals surface area contributed by atoms with E-state index in [0.29, 0.717) is 13.0 Å². The van der Waals surface area contributed by atoms with Gasteiger partial charge in [0.15, 0.2) is 6.29 Å². The van der Waals surface area contributed by atoms with Crippen LogP contribution in [0, 0.1) is 0 Å². The molecule has 1 saturated heterocycles. The minimum absolute atomic E-state index is 0.311. The predicted molar refractivity (Wildman–Crippen MR) is 81.5 cm³/mol. The van der Waals surface area contributed by atoms with Crippen molar-refractivity contribution in [1.82, 2.24) is 5.32 Å². The molecule has 7 heteroatoms. The van der Waals surface area contributed by atoms with Crippen LogP contribution in [0.5, 0.6) is 0 Å². The topological polar surface area (TPSA) is 108 Å². The number of benzene rings is 1. The van der Waals surface area contributed by atoms with Gasteiger partial charge in [-0.15, -0.1) is 0 Å². The molecule has 128 valence electrons. The molecule has 1 amide bonds. The lowest BCUT2D eigenvalue weighted by molar-refractivity contribution is -0.269. The number of aliphatic hydroxyl groups is 3. The zero-order chi connectivity index (χ0) is 16.8. The lowest BCUT2D eigenvalue weighted by Crippen LogP contribution is -2.64. The molecule has 1 aliphatic heterocycles.